The standard InChI is InChI=1S/C8H15N3OS/c1-2-3-4-11(5-6-12)8-10-9-7-13-8/h7,12H,2-6H2,1H3. The van der Waals surface area contributed by atoms with Gasteiger partial charge < -0.3 is 10.0 Å². The fraction of sp³-hybridized carbons (Fsp3) is 0.750. The highest BCUT2D eigenvalue weighted by Gasteiger charge is 2.07. The lowest BCUT2D eigenvalue weighted by molar-refractivity contribution is 0.301. The highest BCUT2D eigenvalue weighted by molar-refractivity contribution is 7.13. The van der Waals surface area contributed by atoms with Crippen molar-refractivity contribution in [1.82, 2.24) is 10.2 Å². The van der Waals surface area contributed by atoms with E-state index in [2.05, 4.69) is 22.0 Å². The SMILES string of the molecule is CCCCN(CCO)c1nncs1. The van der Waals surface area contributed by atoms with Crippen LogP contribution in [-0.4, -0.2) is 35.0 Å². The predicted molar refractivity (Wildman–Crippen MR) is 54.1 cm³/mol. The first-order chi connectivity index (χ1) is 6.38. The number of aromatic nitrogens is 2. The van der Waals surface area contributed by atoms with Crippen LogP contribution in [0.15, 0.2) is 5.51 Å². The molecule has 1 aromatic rings. The molecule has 0 amide bonds. The van der Waals surface area contributed by atoms with E-state index in [1.807, 2.05) is 0 Å². The van der Waals surface area contributed by atoms with Crippen LogP contribution in [-0.2, 0) is 0 Å². The van der Waals surface area contributed by atoms with Crippen molar-refractivity contribution < 1.29 is 5.11 Å². The Morgan fingerprint density at radius 1 is 1.54 bits per heavy atom. The molecule has 0 aliphatic rings. The maximum absolute atomic E-state index is 8.85. The van der Waals surface area contributed by atoms with E-state index < -0.39 is 0 Å². The van der Waals surface area contributed by atoms with Gasteiger partial charge in [0.05, 0.1) is 6.61 Å². The minimum atomic E-state index is 0.170. The lowest BCUT2D eigenvalue weighted by Gasteiger charge is -2.19. The summed E-state index contributed by atoms with van der Waals surface area (Å²) in [6, 6.07) is 0. The fourth-order valence-corrected chi connectivity index (χ4v) is 1.69. The highest BCUT2D eigenvalue weighted by Crippen LogP contribution is 2.15. The monoisotopic (exact) mass is 201 g/mol. The Bertz CT molecular complexity index is 215. The molecule has 0 bridgehead atoms. The van der Waals surface area contributed by atoms with Crippen molar-refractivity contribution in [3.05, 3.63) is 5.51 Å². The third kappa shape index (κ3) is 3.28. The Hall–Kier alpha value is -0.680. The van der Waals surface area contributed by atoms with Gasteiger partial charge in [0.1, 0.15) is 5.51 Å². The second-order valence-electron chi connectivity index (χ2n) is 2.79. The minimum absolute atomic E-state index is 0.170. The average molecular weight is 201 g/mol. The Balaban J connectivity index is 2.47. The van der Waals surface area contributed by atoms with Crippen molar-refractivity contribution >= 4 is 16.5 Å². The summed E-state index contributed by atoms with van der Waals surface area (Å²) in [7, 11) is 0. The molecule has 0 aromatic carbocycles. The zero-order valence-electron chi connectivity index (χ0n) is 7.81. The van der Waals surface area contributed by atoms with Crippen molar-refractivity contribution in [2.45, 2.75) is 19.8 Å². The van der Waals surface area contributed by atoms with Crippen LogP contribution in [0.3, 0.4) is 0 Å². The number of anilines is 1. The van der Waals surface area contributed by atoms with Crippen molar-refractivity contribution in [3.63, 3.8) is 0 Å². The molecule has 0 atom stereocenters. The first kappa shape index (κ1) is 10.4. The summed E-state index contributed by atoms with van der Waals surface area (Å²) >= 11 is 1.51. The normalized spacial score (nSPS) is 10.3. The number of aliphatic hydroxyl groups is 1. The molecular formula is C8H15N3OS. The molecule has 0 unspecified atom stereocenters. The van der Waals surface area contributed by atoms with Crippen molar-refractivity contribution in [3.8, 4) is 0 Å². The van der Waals surface area contributed by atoms with Gasteiger partial charge in [0.15, 0.2) is 0 Å². The topological polar surface area (TPSA) is 49.2 Å². The molecule has 74 valence electrons. The van der Waals surface area contributed by atoms with Crippen LogP contribution in [0.2, 0.25) is 0 Å². The molecule has 0 spiro atoms. The number of hydrogen-bond acceptors (Lipinski definition) is 5. The molecule has 0 saturated carbocycles. The van der Waals surface area contributed by atoms with Gasteiger partial charge in [-0.25, -0.2) is 0 Å². The highest BCUT2D eigenvalue weighted by atomic mass is 32.1. The third-order valence-corrected chi connectivity index (χ3v) is 2.52. The first-order valence-electron chi connectivity index (χ1n) is 4.50. The van der Waals surface area contributed by atoms with Gasteiger partial charge in [0, 0.05) is 13.1 Å². The number of hydrogen-bond donors (Lipinski definition) is 1. The van der Waals surface area contributed by atoms with Gasteiger partial charge in [-0.1, -0.05) is 24.7 Å². The average Bonchev–Trinajstić information content (AvgIpc) is 2.65. The largest absolute Gasteiger partial charge is 0.395 e. The van der Waals surface area contributed by atoms with Crippen molar-refractivity contribution in [2.75, 3.05) is 24.6 Å². The second kappa shape index (κ2) is 5.88. The third-order valence-electron chi connectivity index (χ3n) is 1.77. The molecular weight excluding hydrogens is 186 g/mol. The van der Waals surface area contributed by atoms with Crippen LogP contribution in [0.25, 0.3) is 0 Å². The van der Waals surface area contributed by atoms with Crippen LogP contribution in [0.5, 0.6) is 0 Å². The van der Waals surface area contributed by atoms with E-state index in [4.69, 9.17) is 5.11 Å². The van der Waals surface area contributed by atoms with Crippen molar-refractivity contribution in [2.24, 2.45) is 0 Å². The predicted octanol–water partition coefficient (Wildman–Crippen LogP) is 1.14. The molecule has 4 nitrogen and oxygen atoms in total. The lowest BCUT2D eigenvalue weighted by Crippen LogP contribution is -2.27. The number of aliphatic hydroxyl groups excluding tert-OH is 1. The molecule has 1 rings (SSSR count). The molecule has 0 aliphatic heterocycles. The van der Waals surface area contributed by atoms with E-state index in [-0.39, 0.29) is 6.61 Å². The van der Waals surface area contributed by atoms with Crippen LogP contribution in [0, 0.1) is 0 Å². The van der Waals surface area contributed by atoms with Gasteiger partial charge in [0.2, 0.25) is 5.13 Å². The van der Waals surface area contributed by atoms with Gasteiger partial charge in [-0.2, -0.15) is 0 Å². The Labute approximate surface area is 82.2 Å². The molecule has 1 N–H and O–H groups in total. The van der Waals surface area contributed by atoms with Gasteiger partial charge in [-0.05, 0) is 6.42 Å². The van der Waals surface area contributed by atoms with Crippen LogP contribution in [0.4, 0.5) is 5.13 Å². The van der Waals surface area contributed by atoms with E-state index in [1.54, 1.807) is 5.51 Å². The zero-order valence-corrected chi connectivity index (χ0v) is 8.63. The summed E-state index contributed by atoms with van der Waals surface area (Å²) in [5.74, 6) is 0. The summed E-state index contributed by atoms with van der Waals surface area (Å²) in [6.07, 6.45) is 2.28. The number of nitrogens with zero attached hydrogens (tertiary/aromatic N) is 3. The second-order valence-corrected chi connectivity index (χ2v) is 3.60. The molecule has 5 heteroatoms. The number of unbranched alkanes of at least 4 members (excludes halogenated alkanes) is 1. The summed E-state index contributed by atoms with van der Waals surface area (Å²) in [5, 5.41) is 17.5. The maximum Gasteiger partial charge on any atom is 0.208 e. The Kier molecular flexibility index (Phi) is 4.70. The van der Waals surface area contributed by atoms with Crippen LogP contribution in [0.1, 0.15) is 19.8 Å². The minimum Gasteiger partial charge on any atom is -0.395 e. The summed E-state index contributed by atoms with van der Waals surface area (Å²) in [5.41, 5.74) is 1.71. The lowest BCUT2D eigenvalue weighted by atomic mass is 10.3. The first-order valence-corrected chi connectivity index (χ1v) is 5.38. The van der Waals surface area contributed by atoms with Gasteiger partial charge in [-0.3, -0.25) is 0 Å². The van der Waals surface area contributed by atoms with E-state index in [0.29, 0.717) is 6.54 Å². The molecule has 0 fully saturated rings. The van der Waals surface area contributed by atoms with E-state index in [9.17, 15) is 0 Å². The van der Waals surface area contributed by atoms with E-state index in [1.165, 1.54) is 11.3 Å². The fourth-order valence-electron chi connectivity index (χ4n) is 1.08. The molecule has 13 heavy (non-hydrogen) atoms. The summed E-state index contributed by atoms with van der Waals surface area (Å²) < 4.78 is 0. The van der Waals surface area contributed by atoms with Crippen LogP contribution >= 0.6 is 11.3 Å². The molecule has 0 aliphatic carbocycles. The summed E-state index contributed by atoms with van der Waals surface area (Å²) in [4.78, 5) is 2.07. The van der Waals surface area contributed by atoms with Crippen LogP contribution < -0.4 is 4.90 Å². The van der Waals surface area contributed by atoms with E-state index >= 15 is 0 Å². The molecule has 0 saturated heterocycles. The van der Waals surface area contributed by atoms with Gasteiger partial charge in [0.25, 0.3) is 0 Å². The number of rotatable bonds is 6. The molecule has 1 heterocycles. The maximum atomic E-state index is 8.85. The quantitative estimate of drug-likeness (QED) is 0.749. The Morgan fingerprint density at radius 3 is 2.92 bits per heavy atom. The smallest absolute Gasteiger partial charge is 0.208 e. The molecule has 0 radical (unpaired) electrons. The summed E-state index contributed by atoms with van der Waals surface area (Å²) in [6.45, 7) is 3.92. The van der Waals surface area contributed by atoms with E-state index in [0.717, 1.165) is 24.5 Å². The van der Waals surface area contributed by atoms with Gasteiger partial charge in [-0.15, -0.1) is 10.2 Å². The molecule has 1 aromatic heterocycles. The zero-order chi connectivity index (χ0) is 9.52. The Morgan fingerprint density at radius 2 is 2.38 bits per heavy atom. The van der Waals surface area contributed by atoms with Crippen molar-refractivity contribution in [1.29, 1.82) is 0 Å². The van der Waals surface area contributed by atoms with Gasteiger partial charge >= 0.3 is 0 Å².